The fourth-order valence-corrected chi connectivity index (χ4v) is 11.7. The number of anilines is 6. The summed E-state index contributed by atoms with van der Waals surface area (Å²) in [6.45, 7) is 2.26. The molecule has 8 aromatic rings. The lowest BCUT2D eigenvalue weighted by molar-refractivity contribution is 0.685. The molecule has 4 aliphatic rings. The predicted molar refractivity (Wildman–Crippen MR) is 260 cm³/mol. The molecule has 8 aromatic carbocycles. The lowest BCUT2D eigenvalue weighted by atomic mass is 9.89. The van der Waals surface area contributed by atoms with E-state index in [9.17, 15) is 0 Å². The second-order valence-corrected chi connectivity index (χ2v) is 18.8. The Hall–Kier alpha value is -5.86. The number of hydrogen-bond donors (Lipinski definition) is 0. The minimum Gasteiger partial charge on any atom is -0.310 e. The second-order valence-electron chi connectivity index (χ2n) is 18.8. The van der Waals surface area contributed by atoms with E-state index in [2.05, 4.69) is 144 Å². The maximum atomic E-state index is 2.61. The average molecular weight is 793 g/mol. The Morgan fingerprint density at radius 2 is 0.623 bits per heavy atom. The number of benzene rings is 8. The van der Waals surface area contributed by atoms with Gasteiger partial charge in [-0.3, -0.25) is 0 Å². The fourth-order valence-electron chi connectivity index (χ4n) is 11.7. The molecular weight excluding hydrogens is 737 g/mol. The Morgan fingerprint density at radius 3 is 1.03 bits per heavy atom. The Bertz CT molecular complexity index is 2900. The van der Waals surface area contributed by atoms with Gasteiger partial charge in [0.05, 0.1) is 11.4 Å². The van der Waals surface area contributed by atoms with Crippen molar-refractivity contribution in [3.63, 3.8) is 0 Å². The monoisotopic (exact) mass is 792 g/mol. The summed E-state index contributed by atoms with van der Waals surface area (Å²) in [4.78, 5) is 5.21. The zero-order valence-corrected chi connectivity index (χ0v) is 35.8. The van der Waals surface area contributed by atoms with Crippen LogP contribution in [-0.2, 0) is 51.4 Å². The van der Waals surface area contributed by atoms with Crippen molar-refractivity contribution in [2.45, 2.75) is 110 Å². The molecule has 0 N–H and O–H groups in total. The standard InChI is InChI=1S/C59H56N2/c1-39-22-31-53-56-37-58(60(48-27-23-40-12-2-6-16-44(40)33-48)49-28-24-41-13-3-7-17-45(41)34-49)54-21-11-10-20-52(54)55(56)38-59(57(53)32-39)61(50-29-25-42-14-4-8-18-46(42)35-50)51-30-26-43-15-5-9-19-47(43)36-51/h10-11,20-38H,2-9,12-19H2,1H3. The summed E-state index contributed by atoms with van der Waals surface area (Å²) in [6, 6.07) is 51.0. The quantitative estimate of drug-likeness (QED) is 0.155. The molecule has 0 amide bonds. The Kier molecular flexibility index (Phi) is 9.23. The average Bonchev–Trinajstić information content (AvgIpc) is 3.31. The molecule has 0 atom stereocenters. The minimum absolute atomic E-state index is 1.16. The minimum atomic E-state index is 1.16. The van der Waals surface area contributed by atoms with Crippen molar-refractivity contribution in [1.29, 1.82) is 0 Å². The van der Waals surface area contributed by atoms with E-state index in [1.807, 2.05) is 0 Å². The van der Waals surface area contributed by atoms with E-state index in [0.29, 0.717) is 0 Å². The number of fused-ring (bicyclic) bond motifs is 9. The van der Waals surface area contributed by atoms with Gasteiger partial charge < -0.3 is 9.80 Å². The van der Waals surface area contributed by atoms with E-state index in [4.69, 9.17) is 0 Å². The highest BCUT2D eigenvalue weighted by molar-refractivity contribution is 6.24. The first-order valence-corrected chi connectivity index (χ1v) is 23.6. The van der Waals surface area contributed by atoms with Crippen molar-refractivity contribution < 1.29 is 0 Å². The summed E-state index contributed by atoms with van der Waals surface area (Å²) in [6.07, 6.45) is 19.7. The summed E-state index contributed by atoms with van der Waals surface area (Å²) in [5.41, 5.74) is 21.1. The zero-order valence-electron chi connectivity index (χ0n) is 35.8. The van der Waals surface area contributed by atoms with E-state index >= 15 is 0 Å². The number of hydrogen-bond acceptors (Lipinski definition) is 2. The van der Waals surface area contributed by atoms with Crippen LogP contribution in [0.4, 0.5) is 34.1 Å². The van der Waals surface area contributed by atoms with Crippen molar-refractivity contribution in [3.8, 4) is 0 Å². The zero-order chi connectivity index (χ0) is 40.4. The van der Waals surface area contributed by atoms with Crippen LogP contribution in [-0.4, -0.2) is 0 Å². The van der Waals surface area contributed by atoms with Crippen molar-refractivity contribution in [1.82, 2.24) is 0 Å². The Morgan fingerprint density at radius 1 is 0.279 bits per heavy atom. The molecule has 61 heavy (non-hydrogen) atoms. The van der Waals surface area contributed by atoms with Gasteiger partial charge in [0.2, 0.25) is 0 Å². The smallest absolute Gasteiger partial charge is 0.0546 e. The largest absolute Gasteiger partial charge is 0.310 e. The van der Waals surface area contributed by atoms with Gasteiger partial charge in [0.1, 0.15) is 0 Å². The molecule has 0 aromatic heterocycles. The highest BCUT2D eigenvalue weighted by atomic mass is 15.2. The summed E-state index contributed by atoms with van der Waals surface area (Å²) < 4.78 is 0. The summed E-state index contributed by atoms with van der Waals surface area (Å²) in [7, 11) is 0. The van der Waals surface area contributed by atoms with Crippen LogP contribution in [0.3, 0.4) is 0 Å². The lowest BCUT2D eigenvalue weighted by Crippen LogP contribution is -2.15. The third-order valence-electron chi connectivity index (χ3n) is 14.9. The van der Waals surface area contributed by atoms with E-state index in [1.54, 1.807) is 0 Å². The van der Waals surface area contributed by atoms with Crippen LogP contribution in [0, 0.1) is 6.92 Å². The fraction of sp³-hybridized carbons (Fsp3) is 0.288. The highest BCUT2D eigenvalue weighted by Gasteiger charge is 2.25. The van der Waals surface area contributed by atoms with Crippen LogP contribution in [0.15, 0.2) is 127 Å². The van der Waals surface area contributed by atoms with Gasteiger partial charge in [-0.1, -0.05) is 66.2 Å². The number of aryl methyl sites for hydroxylation is 9. The van der Waals surface area contributed by atoms with E-state index in [-0.39, 0.29) is 0 Å². The van der Waals surface area contributed by atoms with E-state index < -0.39 is 0 Å². The van der Waals surface area contributed by atoms with Crippen LogP contribution in [0.2, 0.25) is 0 Å². The molecule has 0 radical (unpaired) electrons. The van der Waals surface area contributed by atoms with Gasteiger partial charge in [0, 0.05) is 33.5 Å². The summed E-state index contributed by atoms with van der Waals surface area (Å²) in [5, 5.41) is 7.82. The van der Waals surface area contributed by atoms with E-state index in [0.717, 1.165) is 25.7 Å². The molecule has 0 spiro atoms. The van der Waals surface area contributed by atoms with Crippen LogP contribution in [0.25, 0.3) is 32.3 Å². The molecule has 0 bridgehead atoms. The maximum Gasteiger partial charge on any atom is 0.0546 e. The molecule has 0 fully saturated rings. The predicted octanol–water partition coefficient (Wildman–Crippen LogP) is 15.9. The van der Waals surface area contributed by atoms with Gasteiger partial charge in [-0.05, 0) is 242 Å². The first-order valence-electron chi connectivity index (χ1n) is 23.6. The summed E-state index contributed by atoms with van der Waals surface area (Å²) in [5.74, 6) is 0. The number of nitrogens with zero attached hydrogens (tertiary/aromatic N) is 2. The van der Waals surface area contributed by atoms with Crippen molar-refractivity contribution in [2.24, 2.45) is 0 Å². The molecule has 12 rings (SSSR count). The molecule has 4 aliphatic carbocycles. The molecule has 0 saturated heterocycles. The molecule has 0 aliphatic heterocycles. The van der Waals surface area contributed by atoms with Crippen LogP contribution >= 0.6 is 0 Å². The topological polar surface area (TPSA) is 6.48 Å². The van der Waals surface area contributed by atoms with Crippen molar-refractivity contribution in [3.05, 3.63) is 177 Å². The van der Waals surface area contributed by atoms with Crippen molar-refractivity contribution in [2.75, 3.05) is 9.80 Å². The van der Waals surface area contributed by atoms with Gasteiger partial charge in [-0.2, -0.15) is 0 Å². The molecule has 0 unspecified atom stereocenters. The normalized spacial score (nSPS) is 15.9. The van der Waals surface area contributed by atoms with Crippen LogP contribution in [0.5, 0.6) is 0 Å². The van der Waals surface area contributed by atoms with Gasteiger partial charge >= 0.3 is 0 Å². The first-order chi connectivity index (χ1) is 30.1. The first kappa shape index (κ1) is 36.9. The van der Waals surface area contributed by atoms with Crippen molar-refractivity contribution >= 4 is 66.4 Å². The van der Waals surface area contributed by atoms with E-state index in [1.165, 1.54) is 194 Å². The second kappa shape index (κ2) is 15.2. The summed E-state index contributed by atoms with van der Waals surface area (Å²) >= 11 is 0. The molecule has 2 nitrogen and oxygen atoms in total. The molecular formula is C59H56N2. The van der Waals surface area contributed by atoms with Crippen LogP contribution < -0.4 is 9.80 Å². The highest BCUT2D eigenvalue weighted by Crippen LogP contribution is 2.49. The Balaban J connectivity index is 1.13. The molecule has 0 heterocycles. The molecule has 2 heteroatoms. The van der Waals surface area contributed by atoms with Gasteiger partial charge in [-0.15, -0.1) is 0 Å². The SMILES string of the molecule is Cc1ccc2c(c1)c(N(c1ccc3c(c1)CCCC3)c1ccc3c(c1)CCCC3)cc1c3ccccc3c(N(c3ccc4c(c3)CCCC4)c3ccc4c(c3)CCCC4)cc21. The molecule has 302 valence electrons. The van der Waals surface area contributed by atoms with Gasteiger partial charge in [-0.25, -0.2) is 0 Å². The third kappa shape index (κ3) is 6.53. The maximum absolute atomic E-state index is 2.61. The molecule has 0 saturated carbocycles. The Labute approximate surface area is 361 Å². The van der Waals surface area contributed by atoms with Gasteiger partial charge in [0.25, 0.3) is 0 Å². The van der Waals surface area contributed by atoms with Crippen LogP contribution in [0.1, 0.15) is 101 Å². The number of rotatable bonds is 6. The lowest BCUT2D eigenvalue weighted by Gasteiger charge is -2.32. The third-order valence-corrected chi connectivity index (χ3v) is 14.9. The van der Waals surface area contributed by atoms with Gasteiger partial charge in [0.15, 0.2) is 0 Å².